The number of aliphatic hydroxyl groups excluding tert-OH is 1. The van der Waals surface area contributed by atoms with Gasteiger partial charge in [-0.2, -0.15) is 8.78 Å². The lowest BCUT2D eigenvalue weighted by Gasteiger charge is -2.32. The van der Waals surface area contributed by atoms with Crippen LogP contribution in [0.2, 0.25) is 0 Å². The second kappa shape index (κ2) is 9.01. The molecule has 0 spiro atoms. The van der Waals surface area contributed by atoms with E-state index in [-0.39, 0.29) is 22.1 Å². The van der Waals surface area contributed by atoms with E-state index in [9.17, 15) is 40.6 Å². The fourth-order valence-corrected chi connectivity index (χ4v) is 5.61. The van der Waals surface area contributed by atoms with Gasteiger partial charge in [0.05, 0.1) is 30.5 Å². The number of nitrogens with one attached hydrogen (secondary N) is 1. The number of amidine groups is 1. The number of ether oxygens (including phenoxy) is 1. The summed E-state index contributed by atoms with van der Waals surface area (Å²) in [6.45, 7) is -1.33. The first kappa shape index (κ1) is 26.9. The van der Waals surface area contributed by atoms with Crippen LogP contribution >= 0.6 is 11.8 Å². The number of hydrogen-bond acceptors (Lipinski definition) is 8. The minimum atomic E-state index is -4.42. The number of carbonyl (C=O) groups is 1. The van der Waals surface area contributed by atoms with Gasteiger partial charge in [-0.05, 0) is 25.1 Å². The highest BCUT2D eigenvalue weighted by Crippen LogP contribution is 2.74. The number of rotatable bonds is 8. The first-order valence-electron chi connectivity index (χ1n) is 10.4. The summed E-state index contributed by atoms with van der Waals surface area (Å²) >= 11 is 0.523. The summed E-state index contributed by atoms with van der Waals surface area (Å²) in [7, 11) is 0. The Morgan fingerprint density at radius 2 is 2.00 bits per heavy atom. The van der Waals surface area contributed by atoms with E-state index in [0.29, 0.717) is 11.8 Å². The highest BCUT2D eigenvalue weighted by Gasteiger charge is 2.87. The Labute approximate surface area is 208 Å². The van der Waals surface area contributed by atoms with Gasteiger partial charge in [-0.15, -0.1) is 0 Å². The molecule has 16 heteroatoms. The van der Waals surface area contributed by atoms with Crippen molar-refractivity contribution >= 4 is 28.5 Å². The molecule has 8 nitrogen and oxygen atoms in total. The summed E-state index contributed by atoms with van der Waals surface area (Å²) in [6.07, 6.45) is -2.37. The van der Waals surface area contributed by atoms with Crippen molar-refractivity contribution in [3.63, 3.8) is 0 Å². The number of fused-ring (bicyclic) bond motifs is 1. The largest absolute Gasteiger partial charge is 0.470 e. The molecular weight excluding hydrogens is 535 g/mol. The second-order valence-electron chi connectivity index (χ2n) is 8.54. The molecule has 2 heterocycles. The van der Waals surface area contributed by atoms with Gasteiger partial charge in [0, 0.05) is 11.3 Å². The number of nitrogens with two attached hydrogens (primary N) is 1. The zero-order chi connectivity index (χ0) is 27.4. The van der Waals surface area contributed by atoms with Gasteiger partial charge in [0.2, 0.25) is 5.88 Å². The van der Waals surface area contributed by atoms with E-state index in [1.165, 1.54) is 6.92 Å². The number of carbonyl (C=O) groups excluding carboxylic acids is 1. The fourth-order valence-electron chi connectivity index (χ4n) is 4.24. The molecule has 1 aliphatic heterocycles. The maximum absolute atomic E-state index is 14.8. The van der Waals surface area contributed by atoms with Crippen molar-refractivity contribution in [1.29, 1.82) is 0 Å². The van der Waals surface area contributed by atoms with Crippen LogP contribution in [0, 0.1) is 11.7 Å². The standard InChI is InChI=1S/C21H18F7N5O3S/c1-18(15-19(7-34,21(15,27)28)37-17(29)33-18)10-4-9(2-3-11(10)22)32-14(35)12-5-31-13(6-30-12)36-8-20(25,26)16(23)24/h2-6,15-16,34H,7-8H2,1H3,(H2,29,33)(H,32,35)/t15-,18+,19+/m0/s1. The van der Waals surface area contributed by atoms with Crippen LogP contribution in [0.25, 0.3) is 0 Å². The summed E-state index contributed by atoms with van der Waals surface area (Å²) in [4.78, 5) is 23.8. The highest BCUT2D eigenvalue weighted by molar-refractivity contribution is 8.15. The second-order valence-corrected chi connectivity index (χ2v) is 9.89. The molecule has 2 aliphatic rings. The average molecular weight is 553 g/mol. The monoisotopic (exact) mass is 553 g/mol. The maximum Gasteiger partial charge on any atom is 0.340 e. The number of aromatic nitrogens is 2. The maximum atomic E-state index is 14.8. The van der Waals surface area contributed by atoms with Crippen LogP contribution in [0.4, 0.5) is 36.4 Å². The average Bonchev–Trinajstić information content (AvgIpc) is 3.34. The van der Waals surface area contributed by atoms with Crippen LogP contribution < -0.4 is 15.8 Å². The number of thioether (sulfide) groups is 1. The molecule has 200 valence electrons. The number of aliphatic hydroxyl groups is 1. The number of alkyl halides is 6. The first-order valence-corrected chi connectivity index (χ1v) is 11.2. The number of halogens is 7. The van der Waals surface area contributed by atoms with Gasteiger partial charge in [-0.25, -0.2) is 31.9 Å². The number of benzene rings is 1. The number of anilines is 1. The Morgan fingerprint density at radius 3 is 2.59 bits per heavy atom. The van der Waals surface area contributed by atoms with Crippen molar-refractivity contribution < 1.29 is 45.4 Å². The van der Waals surface area contributed by atoms with Crippen molar-refractivity contribution in [2.45, 2.75) is 35.5 Å². The van der Waals surface area contributed by atoms with E-state index in [2.05, 4.69) is 25.0 Å². The van der Waals surface area contributed by atoms with Crippen LogP contribution in [-0.4, -0.2) is 62.4 Å². The Hall–Kier alpha value is -3.14. The van der Waals surface area contributed by atoms with Crippen LogP contribution in [0.15, 0.2) is 35.6 Å². The molecule has 3 atom stereocenters. The van der Waals surface area contributed by atoms with Crippen LogP contribution in [0.5, 0.6) is 5.88 Å². The predicted octanol–water partition coefficient (Wildman–Crippen LogP) is 3.42. The SMILES string of the molecule is C[C@]1(c2cc(NC(=O)c3cnc(OCC(F)(F)C(F)F)cn3)ccc2F)N=C(N)S[C@]2(CO)[C@H]1C2(F)F. The summed E-state index contributed by atoms with van der Waals surface area (Å²) < 4.78 is 97.2. The van der Waals surface area contributed by atoms with E-state index >= 15 is 0 Å². The fraction of sp³-hybridized carbons (Fsp3) is 0.429. The third-order valence-electron chi connectivity index (χ3n) is 6.10. The van der Waals surface area contributed by atoms with E-state index in [0.717, 1.165) is 30.6 Å². The summed E-state index contributed by atoms with van der Waals surface area (Å²) in [6, 6.07) is 3.16. The summed E-state index contributed by atoms with van der Waals surface area (Å²) in [5.74, 6) is -11.7. The molecule has 4 rings (SSSR count). The minimum absolute atomic E-state index is 0.0353. The lowest BCUT2D eigenvalue weighted by Crippen LogP contribution is -2.37. The highest BCUT2D eigenvalue weighted by atomic mass is 32.2. The molecule has 1 saturated carbocycles. The van der Waals surface area contributed by atoms with Gasteiger partial charge in [0.1, 0.15) is 16.3 Å². The number of aliphatic imine (C=N–C) groups is 1. The van der Waals surface area contributed by atoms with Gasteiger partial charge in [-0.3, -0.25) is 9.79 Å². The number of hydrogen-bond donors (Lipinski definition) is 3. The van der Waals surface area contributed by atoms with Gasteiger partial charge in [0.25, 0.3) is 11.8 Å². The van der Waals surface area contributed by atoms with E-state index in [4.69, 9.17) is 5.73 Å². The molecule has 1 fully saturated rings. The van der Waals surface area contributed by atoms with Crippen LogP contribution in [0.1, 0.15) is 23.0 Å². The Bertz CT molecular complexity index is 1250. The van der Waals surface area contributed by atoms with Gasteiger partial charge >= 0.3 is 12.3 Å². The molecule has 0 unspecified atom stereocenters. The van der Waals surface area contributed by atoms with Crippen molar-refractivity contribution in [1.82, 2.24) is 9.97 Å². The van der Waals surface area contributed by atoms with Crippen molar-refractivity contribution in [2.24, 2.45) is 16.6 Å². The van der Waals surface area contributed by atoms with Gasteiger partial charge < -0.3 is 20.9 Å². The van der Waals surface area contributed by atoms with Crippen molar-refractivity contribution in [3.05, 3.63) is 47.7 Å². The Kier molecular flexibility index (Phi) is 6.55. The lowest BCUT2D eigenvalue weighted by molar-refractivity contribution is -0.148. The lowest BCUT2D eigenvalue weighted by atomic mass is 9.85. The van der Waals surface area contributed by atoms with E-state index in [1.54, 1.807) is 0 Å². The molecule has 2 aromatic rings. The summed E-state index contributed by atoms with van der Waals surface area (Å²) in [5, 5.41) is 11.8. The smallest absolute Gasteiger partial charge is 0.340 e. The van der Waals surface area contributed by atoms with Gasteiger partial charge in [0.15, 0.2) is 11.8 Å². The zero-order valence-corrected chi connectivity index (χ0v) is 19.5. The molecular formula is C21H18F7N5O3S. The minimum Gasteiger partial charge on any atom is -0.470 e. The first-order chi connectivity index (χ1) is 17.2. The molecule has 1 amide bonds. The quantitative estimate of drug-likeness (QED) is 0.428. The number of nitrogens with zero attached hydrogens (tertiary/aromatic N) is 3. The topological polar surface area (TPSA) is 123 Å². The van der Waals surface area contributed by atoms with E-state index < -0.39 is 65.3 Å². The normalized spacial score (nSPS) is 26.3. The third kappa shape index (κ3) is 4.45. The van der Waals surface area contributed by atoms with E-state index in [1.807, 2.05) is 0 Å². The van der Waals surface area contributed by atoms with Gasteiger partial charge in [-0.1, -0.05) is 11.8 Å². The predicted molar refractivity (Wildman–Crippen MR) is 118 cm³/mol. The summed E-state index contributed by atoms with van der Waals surface area (Å²) in [5.41, 5.74) is 3.18. The Balaban J connectivity index is 1.53. The number of amides is 1. The van der Waals surface area contributed by atoms with Crippen LogP contribution in [0.3, 0.4) is 0 Å². The molecule has 0 radical (unpaired) electrons. The molecule has 37 heavy (non-hydrogen) atoms. The molecule has 0 saturated heterocycles. The molecule has 1 aromatic heterocycles. The zero-order valence-electron chi connectivity index (χ0n) is 18.7. The third-order valence-corrected chi connectivity index (χ3v) is 7.40. The van der Waals surface area contributed by atoms with Crippen molar-refractivity contribution in [3.8, 4) is 5.88 Å². The van der Waals surface area contributed by atoms with Crippen molar-refractivity contribution in [2.75, 3.05) is 18.5 Å². The molecule has 0 bridgehead atoms. The molecule has 1 aliphatic carbocycles. The molecule has 1 aromatic carbocycles. The van der Waals surface area contributed by atoms with Crippen LogP contribution in [-0.2, 0) is 5.54 Å². The molecule has 4 N–H and O–H groups in total. The Morgan fingerprint density at radius 1 is 1.30 bits per heavy atom.